The number of para-hydroxylation sites is 2. The van der Waals surface area contributed by atoms with Gasteiger partial charge in [0.25, 0.3) is 0 Å². The summed E-state index contributed by atoms with van der Waals surface area (Å²) in [7, 11) is 0. The fourth-order valence-electron chi connectivity index (χ4n) is 12.8. The Morgan fingerprint density at radius 2 is 0.525 bits per heavy atom. The third-order valence-electron chi connectivity index (χ3n) is 16.4. The summed E-state index contributed by atoms with van der Waals surface area (Å²) in [4.78, 5) is 7.44. The molecule has 99 heavy (non-hydrogen) atoms. The van der Waals surface area contributed by atoms with E-state index in [1.807, 2.05) is 60.7 Å². The van der Waals surface area contributed by atoms with Crippen molar-refractivity contribution in [3.8, 4) is 67.1 Å². The second kappa shape index (κ2) is 36.3. The van der Waals surface area contributed by atoms with Crippen molar-refractivity contribution in [1.29, 1.82) is 0 Å². The van der Waals surface area contributed by atoms with Gasteiger partial charge >= 0.3 is 256 Å². The van der Waals surface area contributed by atoms with Crippen LogP contribution >= 0.6 is 0 Å². The minimum atomic E-state index is -0.466. The largest absolute Gasteiger partial charge is 0.670 e. The zero-order valence-electron chi connectivity index (χ0n) is 63.6. The molecule has 0 radical (unpaired) electrons. The van der Waals surface area contributed by atoms with Crippen LogP contribution in [0.25, 0.3) is 55.6 Å². The van der Waals surface area contributed by atoms with Crippen LogP contribution in [-0.4, -0.2) is 19.0 Å². The van der Waals surface area contributed by atoms with Gasteiger partial charge in [0.05, 0.1) is 0 Å². The maximum atomic E-state index is 11.1. The molecule has 0 atom stereocenters. The van der Waals surface area contributed by atoms with E-state index in [4.69, 9.17) is 6.99 Å². The maximum absolute atomic E-state index is 11.1. The minimum Gasteiger partial charge on any atom is -0.670 e. The van der Waals surface area contributed by atoms with Gasteiger partial charge in [-0.3, -0.25) is 0 Å². The Morgan fingerprint density at radius 1 is 0.293 bits per heavy atom. The van der Waals surface area contributed by atoms with Gasteiger partial charge in [-0.1, -0.05) is 131 Å². The fourth-order valence-corrected chi connectivity index (χ4v) is 16.0. The fraction of sp³-hybridized carbons (Fsp3) is 0.297. The molecular formula is C91H108Mo2N4O2-2. The molecule has 6 nitrogen and oxygen atoms in total. The molecule has 518 valence electrons. The summed E-state index contributed by atoms with van der Waals surface area (Å²) in [5, 5.41) is 22.3. The summed E-state index contributed by atoms with van der Waals surface area (Å²) in [5.74, 6) is 0.736. The number of phenolic OH excluding ortho intramolecular Hbond substituents is 2. The summed E-state index contributed by atoms with van der Waals surface area (Å²) < 4.78 is 14.6. The number of aromatic nitrogens is 2. The number of aryl methyl sites for hydroxylation is 15. The van der Waals surface area contributed by atoms with Crippen LogP contribution < -0.4 is 9.97 Å². The predicted molar refractivity (Wildman–Crippen MR) is 421 cm³/mol. The Kier molecular flexibility index (Phi) is 29.3. The molecule has 0 unspecified atom stereocenters. The Hall–Kier alpha value is -8.14. The van der Waals surface area contributed by atoms with Gasteiger partial charge in [0, 0.05) is 22.3 Å². The van der Waals surface area contributed by atoms with E-state index in [0.29, 0.717) is 16.9 Å². The van der Waals surface area contributed by atoms with Crippen molar-refractivity contribution in [3.05, 3.63) is 284 Å². The van der Waals surface area contributed by atoms with E-state index in [1.165, 1.54) is 106 Å². The summed E-state index contributed by atoms with van der Waals surface area (Å²) in [6.07, 6.45) is 7.00. The van der Waals surface area contributed by atoms with Gasteiger partial charge < -0.3 is 20.2 Å². The van der Waals surface area contributed by atoms with Crippen LogP contribution in [0, 0.1) is 115 Å². The van der Waals surface area contributed by atoms with Gasteiger partial charge in [0.2, 0.25) is 0 Å². The van der Waals surface area contributed by atoms with Crippen molar-refractivity contribution in [2.45, 2.75) is 172 Å². The molecule has 0 aliphatic carbocycles. The Bertz CT molecular complexity index is 4160. The molecule has 11 aromatic rings. The van der Waals surface area contributed by atoms with Crippen LogP contribution in [0.3, 0.4) is 0 Å². The van der Waals surface area contributed by atoms with Crippen LogP contribution in [-0.2, 0) is 41.3 Å². The molecule has 0 spiro atoms. The number of benzene rings is 9. The van der Waals surface area contributed by atoms with Crippen LogP contribution in [0.1, 0.15) is 151 Å². The number of phenols is 2. The first-order valence-electron chi connectivity index (χ1n) is 34.3. The normalized spacial score (nSPS) is 10.9. The van der Waals surface area contributed by atoms with Crippen molar-refractivity contribution < 1.29 is 46.1 Å². The number of hydrogen-bond donors (Lipinski definition) is 2. The van der Waals surface area contributed by atoms with Crippen molar-refractivity contribution >= 4 is 20.2 Å². The molecule has 0 saturated carbocycles. The van der Waals surface area contributed by atoms with Crippen LogP contribution in [0.15, 0.2) is 202 Å². The quantitative estimate of drug-likeness (QED) is 0.156. The maximum Gasteiger partial charge on any atom is -0.0860 e. The Balaban J connectivity index is 0.000000199. The number of aromatic hydroxyl groups is 2. The van der Waals surface area contributed by atoms with Gasteiger partial charge in [-0.2, -0.15) is 24.8 Å². The standard InChI is InChI=1S/2C24H26O.C15H15N.C10H13N.2C5H10.2C4H4N.2Mo/c2*1-14-10-16(3)22(17(4)11-14)20-8-7-9-21(24(20)25)23-18(5)12-15(2)13-19(23)6;1-10-8-11(2)15(12(3)9-10)13-6-4-5-7-14(13)16;1-10(2,3)8-6-4-5-7-9(8)11;2*1-5(2,3)4;2*1-2-4-5-3-1;;/h2*7-13,25H,1-6H3;4-9H,1-3H3;4-7H,1-3H3;2*1H,2-4H3;2*1-4H;;/q;;;;;;2*-1;;. The molecule has 2 N–H and O–H groups in total. The zero-order chi connectivity index (χ0) is 73.1. The second-order valence-corrected chi connectivity index (χ2v) is 32.7. The van der Waals surface area contributed by atoms with Gasteiger partial charge in [-0.25, -0.2) is 0 Å². The van der Waals surface area contributed by atoms with E-state index in [-0.39, 0.29) is 28.7 Å². The molecule has 2 aromatic heterocycles. The van der Waals surface area contributed by atoms with Crippen LogP contribution in [0.5, 0.6) is 11.5 Å². The molecule has 0 fully saturated rings. The SMILES string of the molecule is CC(C)(C)[CH]=[Mo]=[N]c1ccccc1C(C)(C)C.Cc1cc(C)c(-c2cccc(-c3c(C)cc(C)cc3C)c2O)c(C)c1.Cc1cc(C)c(-c2cccc(-c3c(C)cc(C)cc3C)c2O)c(C)c1.Cc1cc(C)c(-c2ccccc2[N]=[Mo]=[CH]C(C)(C)C)c(C)c1.c1cc[n-]c1.c1cc[n-]c1. The van der Waals surface area contributed by atoms with Crippen LogP contribution in [0.2, 0.25) is 0 Å². The average molecular weight is 1480 g/mol. The summed E-state index contributed by atoms with van der Waals surface area (Å²) >= 11 is -0.856. The predicted octanol–water partition coefficient (Wildman–Crippen LogP) is 25.2. The van der Waals surface area contributed by atoms with E-state index in [0.717, 1.165) is 50.2 Å². The molecule has 2 heterocycles. The monoisotopic (exact) mass is 1480 g/mol. The van der Waals surface area contributed by atoms with Crippen molar-refractivity contribution in [2.24, 2.45) is 17.8 Å². The Morgan fingerprint density at radius 3 is 0.778 bits per heavy atom. The van der Waals surface area contributed by atoms with Gasteiger partial charge in [-0.05, 0) is 150 Å². The second-order valence-electron chi connectivity index (χ2n) is 29.6. The number of hydrogen-bond acceptors (Lipinski definition) is 4. The molecule has 0 aliphatic rings. The number of rotatable bonds is 7. The molecular weight excluding hydrogens is 1370 g/mol. The molecule has 0 aliphatic heterocycles. The third-order valence-corrected chi connectivity index (χ3v) is 21.9. The molecule has 8 heteroatoms. The Labute approximate surface area is 611 Å². The van der Waals surface area contributed by atoms with E-state index < -0.39 is 17.9 Å². The van der Waals surface area contributed by atoms with Crippen molar-refractivity contribution in [2.75, 3.05) is 0 Å². The first-order valence-corrected chi connectivity index (χ1v) is 38.4. The summed E-state index contributed by atoms with van der Waals surface area (Å²) in [5.41, 5.74) is 33.7. The zero-order valence-corrected chi connectivity index (χ0v) is 67.6. The van der Waals surface area contributed by atoms with E-state index in [2.05, 4.69) is 294 Å². The smallest absolute Gasteiger partial charge is 0.0860 e. The van der Waals surface area contributed by atoms with Gasteiger partial charge in [0.15, 0.2) is 0 Å². The van der Waals surface area contributed by atoms with Gasteiger partial charge in [0.1, 0.15) is 11.5 Å². The summed E-state index contributed by atoms with van der Waals surface area (Å²) in [6.45, 7) is 52.1. The molecule has 9 aromatic carbocycles. The van der Waals surface area contributed by atoms with E-state index >= 15 is 0 Å². The molecule has 0 bridgehead atoms. The molecule has 0 saturated heterocycles. The third kappa shape index (κ3) is 23.5. The van der Waals surface area contributed by atoms with E-state index in [1.54, 1.807) is 24.8 Å². The summed E-state index contributed by atoms with van der Waals surface area (Å²) in [6, 6.07) is 58.7. The molecule has 11 rings (SSSR count). The topological polar surface area (TPSA) is 93.4 Å². The van der Waals surface area contributed by atoms with Gasteiger partial charge in [-0.15, -0.1) is 0 Å². The van der Waals surface area contributed by atoms with Crippen molar-refractivity contribution in [3.63, 3.8) is 0 Å². The first kappa shape index (κ1) is 79.8. The number of nitrogens with zero attached hydrogens (tertiary/aromatic N) is 4. The molecule has 0 amide bonds. The van der Waals surface area contributed by atoms with Crippen molar-refractivity contribution in [1.82, 2.24) is 9.97 Å². The average Bonchev–Trinajstić information content (AvgIpc) is 0.836. The van der Waals surface area contributed by atoms with E-state index in [9.17, 15) is 10.2 Å². The minimum absolute atomic E-state index is 0.175. The van der Waals surface area contributed by atoms with Crippen LogP contribution in [0.4, 0.5) is 11.4 Å². The first-order chi connectivity index (χ1) is 46.6.